The molecule has 0 aromatic heterocycles. The zero-order valence-corrected chi connectivity index (χ0v) is 8.60. The number of carbonyl (C=O) groups is 1. The highest BCUT2D eigenvalue weighted by atomic mass is 16.1. The highest BCUT2D eigenvalue weighted by molar-refractivity contribution is 5.93. The number of rotatable bonds is 2. The Labute approximate surface area is 89.4 Å². The van der Waals surface area contributed by atoms with Crippen molar-refractivity contribution in [2.45, 2.75) is 6.92 Å². The fourth-order valence-corrected chi connectivity index (χ4v) is 1.59. The van der Waals surface area contributed by atoms with E-state index in [1.54, 1.807) is 13.0 Å². The molecule has 0 aromatic carbocycles. The molecule has 2 aliphatic carbocycles. The first kappa shape index (κ1) is 9.66. The van der Waals surface area contributed by atoms with Crippen LogP contribution in [0.3, 0.4) is 0 Å². The average molecular weight is 196 g/mol. The Bertz CT molecular complexity index is 483. The van der Waals surface area contributed by atoms with Crippen LogP contribution in [0.1, 0.15) is 12.5 Å². The molecule has 0 unspecified atom stereocenters. The quantitative estimate of drug-likeness (QED) is 0.673. The highest BCUT2D eigenvalue weighted by Crippen LogP contribution is 2.27. The van der Waals surface area contributed by atoms with Gasteiger partial charge in [0.15, 0.2) is 5.78 Å². The van der Waals surface area contributed by atoms with Gasteiger partial charge in [-0.25, -0.2) is 0 Å². The van der Waals surface area contributed by atoms with E-state index in [2.05, 4.69) is 18.2 Å². The molecule has 2 aliphatic rings. The van der Waals surface area contributed by atoms with Crippen molar-refractivity contribution in [3.63, 3.8) is 0 Å². The van der Waals surface area contributed by atoms with Gasteiger partial charge in [0.1, 0.15) is 0 Å². The van der Waals surface area contributed by atoms with Crippen LogP contribution in [-0.2, 0) is 4.79 Å². The minimum absolute atomic E-state index is 0.0738. The number of carbonyl (C=O) groups excluding carboxylic acids is 1. The lowest BCUT2D eigenvalue weighted by molar-refractivity contribution is -0.112. The molecule has 1 heteroatoms. The summed E-state index contributed by atoms with van der Waals surface area (Å²) < 4.78 is 0. The van der Waals surface area contributed by atoms with Crippen molar-refractivity contribution in [3.8, 4) is 11.1 Å². The fourth-order valence-electron chi connectivity index (χ4n) is 1.59. The summed E-state index contributed by atoms with van der Waals surface area (Å²) >= 11 is 0. The van der Waals surface area contributed by atoms with Gasteiger partial charge in [0, 0.05) is 0 Å². The van der Waals surface area contributed by atoms with Crippen LogP contribution in [0.25, 0.3) is 17.2 Å². The van der Waals surface area contributed by atoms with Gasteiger partial charge in [0.2, 0.25) is 0 Å². The third-order valence-corrected chi connectivity index (χ3v) is 2.32. The largest absolute Gasteiger partial charge is 0.295 e. The molecule has 0 fully saturated rings. The molecular weight excluding hydrogens is 184 g/mol. The van der Waals surface area contributed by atoms with Crippen molar-refractivity contribution in [1.29, 1.82) is 0 Å². The van der Waals surface area contributed by atoms with Crippen molar-refractivity contribution >= 4 is 11.9 Å². The summed E-state index contributed by atoms with van der Waals surface area (Å²) in [5, 5.41) is 0. The lowest BCUT2D eigenvalue weighted by atomic mass is 10.1. The second-order valence-electron chi connectivity index (χ2n) is 3.51. The smallest absolute Gasteiger partial charge is 0.152 e. The summed E-state index contributed by atoms with van der Waals surface area (Å²) in [6.07, 6.45) is 3.46. The Hall–Kier alpha value is -1.89. The predicted octanol–water partition coefficient (Wildman–Crippen LogP) is 3.39. The Morgan fingerprint density at radius 3 is 2.67 bits per heavy atom. The monoisotopic (exact) mass is 196 g/mol. The molecule has 0 heterocycles. The van der Waals surface area contributed by atoms with Crippen molar-refractivity contribution in [2.75, 3.05) is 0 Å². The molecule has 0 atom stereocenters. The average Bonchev–Trinajstić information content (AvgIpc) is 2.44. The lowest BCUT2D eigenvalue weighted by Gasteiger charge is -1.94. The van der Waals surface area contributed by atoms with E-state index in [1.165, 1.54) is 11.1 Å². The van der Waals surface area contributed by atoms with Gasteiger partial charge in [0.05, 0.1) is 0 Å². The van der Waals surface area contributed by atoms with Crippen molar-refractivity contribution in [1.82, 2.24) is 0 Å². The number of ketones is 1. The number of hydrogen-bond acceptors (Lipinski definition) is 1. The molecule has 15 heavy (non-hydrogen) atoms. The zero-order valence-electron chi connectivity index (χ0n) is 8.60. The summed E-state index contributed by atoms with van der Waals surface area (Å²) in [5.74, 6) is 0.0738. The van der Waals surface area contributed by atoms with Crippen LogP contribution < -0.4 is 0 Å². The van der Waals surface area contributed by atoms with Gasteiger partial charge < -0.3 is 0 Å². The first-order valence-corrected chi connectivity index (χ1v) is 4.94. The number of hydrogen-bond donors (Lipinski definition) is 0. The van der Waals surface area contributed by atoms with Crippen LogP contribution in [0.2, 0.25) is 0 Å². The molecule has 0 saturated carbocycles. The third kappa shape index (κ3) is 2.13. The van der Waals surface area contributed by atoms with E-state index in [9.17, 15) is 4.79 Å². The SMILES string of the molecule is CC(=O)/C=C/c1ccc2cccccc1-2. The molecule has 0 amide bonds. The summed E-state index contributed by atoms with van der Waals surface area (Å²) in [7, 11) is 0. The van der Waals surface area contributed by atoms with Crippen LogP contribution in [0, 0.1) is 0 Å². The minimum atomic E-state index is 0.0738. The van der Waals surface area contributed by atoms with Crippen molar-refractivity contribution in [3.05, 3.63) is 54.1 Å². The molecule has 1 nitrogen and oxygen atoms in total. The first-order chi connectivity index (χ1) is 7.27. The van der Waals surface area contributed by atoms with Gasteiger partial charge in [0.25, 0.3) is 0 Å². The molecule has 0 aromatic rings. The summed E-state index contributed by atoms with van der Waals surface area (Å²) in [5.41, 5.74) is 3.47. The minimum Gasteiger partial charge on any atom is -0.295 e. The van der Waals surface area contributed by atoms with E-state index in [0.29, 0.717) is 0 Å². The number of fused-ring (bicyclic) bond motifs is 1. The highest BCUT2D eigenvalue weighted by Gasteiger charge is 2.04. The molecule has 0 bridgehead atoms. The molecule has 0 radical (unpaired) electrons. The third-order valence-electron chi connectivity index (χ3n) is 2.32. The van der Waals surface area contributed by atoms with E-state index < -0.39 is 0 Å². The number of allylic oxidation sites excluding steroid dienone is 1. The predicted molar refractivity (Wildman–Crippen MR) is 62.8 cm³/mol. The second-order valence-corrected chi connectivity index (χ2v) is 3.51. The molecule has 74 valence electrons. The Kier molecular flexibility index (Phi) is 2.64. The fraction of sp³-hybridized carbons (Fsp3) is 0.0714. The Balaban J connectivity index is 2.45. The van der Waals surface area contributed by atoms with Gasteiger partial charge in [-0.05, 0) is 29.7 Å². The van der Waals surface area contributed by atoms with E-state index in [0.717, 1.165) is 5.56 Å². The van der Waals surface area contributed by atoms with Gasteiger partial charge >= 0.3 is 0 Å². The van der Waals surface area contributed by atoms with E-state index in [1.807, 2.05) is 30.3 Å². The molecular formula is C14H12O. The van der Waals surface area contributed by atoms with Crippen LogP contribution in [-0.4, -0.2) is 5.78 Å². The lowest BCUT2D eigenvalue weighted by Crippen LogP contribution is -1.79. The second kappa shape index (κ2) is 4.09. The Morgan fingerprint density at radius 1 is 1.07 bits per heavy atom. The topological polar surface area (TPSA) is 17.1 Å². The van der Waals surface area contributed by atoms with E-state index in [-0.39, 0.29) is 5.78 Å². The molecule has 2 rings (SSSR count). The van der Waals surface area contributed by atoms with E-state index in [4.69, 9.17) is 0 Å². The maximum absolute atomic E-state index is 10.8. The van der Waals surface area contributed by atoms with Gasteiger partial charge in [-0.1, -0.05) is 48.5 Å². The van der Waals surface area contributed by atoms with Crippen molar-refractivity contribution < 1.29 is 4.79 Å². The first-order valence-electron chi connectivity index (χ1n) is 4.94. The molecule has 0 saturated heterocycles. The maximum atomic E-state index is 10.8. The summed E-state index contributed by atoms with van der Waals surface area (Å²) in [6.45, 7) is 1.56. The molecule has 0 spiro atoms. The van der Waals surface area contributed by atoms with Gasteiger partial charge in [-0.3, -0.25) is 4.79 Å². The summed E-state index contributed by atoms with van der Waals surface area (Å²) in [4.78, 5) is 10.8. The Morgan fingerprint density at radius 2 is 1.87 bits per heavy atom. The molecule has 0 aliphatic heterocycles. The van der Waals surface area contributed by atoms with Crippen molar-refractivity contribution in [2.24, 2.45) is 0 Å². The van der Waals surface area contributed by atoms with E-state index >= 15 is 0 Å². The zero-order chi connectivity index (χ0) is 10.7. The van der Waals surface area contributed by atoms with Crippen LogP contribution in [0.4, 0.5) is 0 Å². The van der Waals surface area contributed by atoms with Crippen LogP contribution in [0.5, 0.6) is 0 Å². The molecule has 0 N–H and O–H groups in total. The van der Waals surface area contributed by atoms with Gasteiger partial charge in [-0.15, -0.1) is 0 Å². The van der Waals surface area contributed by atoms with Gasteiger partial charge in [-0.2, -0.15) is 0 Å². The van der Waals surface area contributed by atoms with Crippen LogP contribution in [0.15, 0.2) is 48.5 Å². The normalized spacial score (nSPS) is 11.0. The summed E-state index contributed by atoms with van der Waals surface area (Å²) in [6, 6.07) is 14.3. The standard InChI is InChI=1S/C14H12O/c1-11(15)7-8-13-10-9-12-5-3-2-4-6-14(12)13/h2-10H,1H3/b8-7+. The maximum Gasteiger partial charge on any atom is 0.152 e. The van der Waals surface area contributed by atoms with Crippen LogP contribution >= 0.6 is 0 Å².